The molecule has 0 fully saturated rings. The van der Waals surface area contributed by atoms with Crippen molar-refractivity contribution < 1.29 is 0 Å². The summed E-state index contributed by atoms with van der Waals surface area (Å²) in [5, 5.41) is 3.28. The summed E-state index contributed by atoms with van der Waals surface area (Å²) in [6.07, 6.45) is 4.90. The van der Waals surface area contributed by atoms with Crippen LogP contribution >= 0.6 is 0 Å². The predicted octanol–water partition coefficient (Wildman–Crippen LogP) is 1.87. The Hall–Kier alpha value is -1.97. The topological polar surface area (TPSA) is 55.9 Å². The average Bonchev–Trinajstić information content (AvgIpc) is 2.76. The fourth-order valence-electron chi connectivity index (χ4n) is 2.25. The van der Waals surface area contributed by atoms with E-state index in [0.29, 0.717) is 6.04 Å². The molecular weight excluding hydrogens is 200 g/mol. The molecule has 2 heterocycles. The second-order valence-electron chi connectivity index (χ2n) is 4.06. The predicted molar refractivity (Wildman–Crippen MR) is 64.3 cm³/mol. The molecule has 0 aliphatic carbocycles. The largest absolute Gasteiger partial charge is 0.399 e. The molecule has 0 amide bonds. The molecule has 1 atom stereocenters. The van der Waals surface area contributed by atoms with Gasteiger partial charge in [0.05, 0.1) is 6.04 Å². The van der Waals surface area contributed by atoms with E-state index >= 15 is 0 Å². The average molecular weight is 214 g/mol. The standard InChI is InChI=1S/C12H14N4/c13-10-3-1-2-9(8-10)11-4-5-14-12-15-6-7-16(11)12/h1-3,6-8,11H,4-5,13H2,(H,14,15). The number of hydrogen-bond acceptors (Lipinski definition) is 3. The zero-order chi connectivity index (χ0) is 11.0. The molecule has 0 saturated carbocycles. The lowest BCUT2D eigenvalue weighted by molar-refractivity contribution is 0.530. The van der Waals surface area contributed by atoms with Gasteiger partial charge in [-0.25, -0.2) is 4.98 Å². The second-order valence-corrected chi connectivity index (χ2v) is 4.06. The van der Waals surface area contributed by atoms with E-state index in [1.54, 1.807) is 0 Å². The first-order valence-electron chi connectivity index (χ1n) is 5.47. The minimum absolute atomic E-state index is 0.349. The number of nitrogens with two attached hydrogens (primary N) is 1. The van der Waals surface area contributed by atoms with Crippen molar-refractivity contribution in [2.24, 2.45) is 0 Å². The molecule has 0 radical (unpaired) electrons. The van der Waals surface area contributed by atoms with Crippen LogP contribution in [0.15, 0.2) is 36.7 Å². The molecule has 0 spiro atoms. The second kappa shape index (κ2) is 3.56. The van der Waals surface area contributed by atoms with E-state index in [9.17, 15) is 0 Å². The summed E-state index contributed by atoms with van der Waals surface area (Å²) in [5.74, 6) is 0.943. The van der Waals surface area contributed by atoms with Gasteiger partial charge in [-0.05, 0) is 24.1 Å². The molecule has 1 aromatic heterocycles. The summed E-state index contributed by atoms with van der Waals surface area (Å²) in [7, 11) is 0. The summed E-state index contributed by atoms with van der Waals surface area (Å²) in [6, 6.07) is 8.43. The molecule has 1 aliphatic rings. The number of nitrogen functional groups attached to an aromatic ring is 1. The summed E-state index contributed by atoms with van der Waals surface area (Å²) >= 11 is 0. The number of fused-ring (bicyclic) bond motifs is 1. The van der Waals surface area contributed by atoms with Crippen molar-refractivity contribution in [1.29, 1.82) is 0 Å². The van der Waals surface area contributed by atoms with Crippen LogP contribution in [0.3, 0.4) is 0 Å². The first-order valence-corrected chi connectivity index (χ1v) is 5.47. The third kappa shape index (κ3) is 1.43. The van der Waals surface area contributed by atoms with Crippen molar-refractivity contribution in [1.82, 2.24) is 9.55 Å². The van der Waals surface area contributed by atoms with Crippen molar-refractivity contribution in [3.8, 4) is 0 Å². The van der Waals surface area contributed by atoms with E-state index in [4.69, 9.17) is 5.73 Å². The van der Waals surface area contributed by atoms with Gasteiger partial charge in [-0.1, -0.05) is 12.1 Å². The van der Waals surface area contributed by atoms with Gasteiger partial charge < -0.3 is 15.6 Å². The summed E-state index contributed by atoms with van der Waals surface area (Å²) in [6.45, 7) is 0.955. The van der Waals surface area contributed by atoms with Crippen LogP contribution in [0.2, 0.25) is 0 Å². The van der Waals surface area contributed by atoms with Crippen molar-refractivity contribution in [2.45, 2.75) is 12.5 Å². The third-order valence-electron chi connectivity index (χ3n) is 3.00. The molecule has 2 aromatic rings. The van der Waals surface area contributed by atoms with Gasteiger partial charge in [-0.3, -0.25) is 0 Å². The van der Waals surface area contributed by atoms with Crippen LogP contribution in [-0.2, 0) is 0 Å². The van der Waals surface area contributed by atoms with Crippen LogP contribution in [0, 0.1) is 0 Å². The summed E-state index contributed by atoms with van der Waals surface area (Å²) in [4.78, 5) is 4.28. The van der Waals surface area contributed by atoms with E-state index in [2.05, 4.69) is 20.9 Å². The maximum Gasteiger partial charge on any atom is 0.203 e. The Morgan fingerprint density at radius 1 is 1.44 bits per heavy atom. The molecule has 4 nitrogen and oxygen atoms in total. The number of nitrogens with zero attached hydrogens (tertiary/aromatic N) is 2. The van der Waals surface area contributed by atoms with Crippen LogP contribution in [0.1, 0.15) is 18.0 Å². The van der Waals surface area contributed by atoms with Crippen LogP contribution in [-0.4, -0.2) is 16.1 Å². The first-order chi connectivity index (χ1) is 7.84. The highest BCUT2D eigenvalue weighted by molar-refractivity contribution is 5.43. The van der Waals surface area contributed by atoms with E-state index in [0.717, 1.165) is 24.6 Å². The van der Waals surface area contributed by atoms with Crippen molar-refractivity contribution in [2.75, 3.05) is 17.6 Å². The Balaban J connectivity index is 2.04. The van der Waals surface area contributed by atoms with E-state index in [-0.39, 0.29) is 0 Å². The minimum Gasteiger partial charge on any atom is -0.399 e. The van der Waals surface area contributed by atoms with Gasteiger partial charge in [0.15, 0.2) is 0 Å². The fourth-order valence-corrected chi connectivity index (χ4v) is 2.25. The molecule has 3 N–H and O–H groups in total. The van der Waals surface area contributed by atoms with E-state index < -0.39 is 0 Å². The normalized spacial score (nSPS) is 18.9. The van der Waals surface area contributed by atoms with Crippen LogP contribution in [0.4, 0.5) is 11.6 Å². The van der Waals surface area contributed by atoms with Gasteiger partial charge in [0.1, 0.15) is 0 Å². The molecular formula is C12H14N4. The van der Waals surface area contributed by atoms with Crippen LogP contribution in [0.25, 0.3) is 0 Å². The van der Waals surface area contributed by atoms with E-state index in [1.165, 1.54) is 5.56 Å². The Morgan fingerprint density at radius 3 is 3.25 bits per heavy atom. The zero-order valence-electron chi connectivity index (χ0n) is 8.93. The number of nitrogens with one attached hydrogen (secondary N) is 1. The highest BCUT2D eigenvalue weighted by Crippen LogP contribution is 2.29. The quantitative estimate of drug-likeness (QED) is 0.712. The van der Waals surface area contributed by atoms with Crippen molar-refractivity contribution >= 4 is 11.6 Å². The molecule has 1 unspecified atom stereocenters. The molecule has 0 bridgehead atoms. The molecule has 16 heavy (non-hydrogen) atoms. The Labute approximate surface area is 94.1 Å². The first kappa shape index (κ1) is 9.27. The maximum atomic E-state index is 5.82. The molecule has 82 valence electrons. The van der Waals surface area contributed by atoms with Gasteiger partial charge in [0.25, 0.3) is 0 Å². The molecule has 4 heteroatoms. The lowest BCUT2D eigenvalue weighted by Gasteiger charge is -2.26. The van der Waals surface area contributed by atoms with Gasteiger partial charge in [0, 0.05) is 24.6 Å². The highest BCUT2D eigenvalue weighted by Gasteiger charge is 2.20. The highest BCUT2D eigenvalue weighted by atomic mass is 15.2. The lowest BCUT2D eigenvalue weighted by Crippen LogP contribution is -2.23. The molecule has 1 aromatic carbocycles. The number of benzene rings is 1. The minimum atomic E-state index is 0.349. The van der Waals surface area contributed by atoms with Crippen molar-refractivity contribution in [3.63, 3.8) is 0 Å². The Bertz CT molecular complexity index is 503. The van der Waals surface area contributed by atoms with Crippen LogP contribution < -0.4 is 11.1 Å². The summed E-state index contributed by atoms with van der Waals surface area (Å²) < 4.78 is 2.16. The van der Waals surface area contributed by atoms with E-state index in [1.807, 2.05) is 30.6 Å². The monoisotopic (exact) mass is 214 g/mol. The number of rotatable bonds is 1. The fraction of sp³-hybridized carbons (Fsp3) is 0.250. The number of aromatic nitrogens is 2. The van der Waals surface area contributed by atoms with Gasteiger partial charge >= 0.3 is 0 Å². The van der Waals surface area contributed by atoms with Gasteiger partial charge in [0.2, 0.25) is 5.95 Å². The van der Waals surface area contributed by atoms with Gasteiger partial charge in [-0.2, -0.15) is 0 Å². The third-order valence-corrected chi connectivity index (χ3v) is 3.00. The molecule has 0 saturated heterocycles. The zero-order valence-corrected chi connectivity index (χ0v) is 8.93. The van der Waals surface area contributed by atoms with Crippen LogP contribution in [0.5, 0.6) is 0 Å². The SMILES string of the molecule is Nc1cccc(C2CCNc3nccn32)c1. The lowest BCUT2D eigenvalue weighted by atomic mass is 10.0. The number of hydrogen-bond donors (Lipinski definition) is 2. The number of anilines is 2. The molecule has 1 aliphatic heterocycles. The van der Waals surface area contributed by atoms with Crippen molar-refractivity contribution in [3.05, 3.63) is 42.2 Å². The molecule has 3 rings (SSSR count). The smallest absolute Gasteiger partial charge is 0.203 e. The Morgan fingerprint density at radius 2 is 2.38 bits per heavy atom. The number of imidazole rings is 1. The Kier molecular flexibility index (Phi) is 2.06. The van der Waals surface area contributed by atoms with Gasteiger partial charge in [-0.15, -0.1) is 0 Å². The maximum absolute atomic E-state index is 5.82. The summed E-state index contributed by atoms with van der Waals surface area (Å²) in [5.41, 5.74) is 7.89.